The Morgan fingerprint density at radius 2 is 1.28 bits per heavy atom. The predicted molar refractivity (Wildman–Crippen MR) is 166 cm³/mol. The van der Waals surface area contributed by atoms with Crippen LogP contribution in [-0.4, -0.2) is 43.3 Å². The summed E-state index contributed by atoms with van der Waals surface area (Å²) >= 11 is 0. The number of para-hydroxylation sites is 1. The first-order chi connectivity index (χ1) is 20.4. The van der Waals surface area contributed by atoms with Gasteiger partial charge in [0.1, 0.15) is 18.4 Å². The number of halogens is 1. The number of rotatable bonds is 11. The summed E-state index contributed by atoms with van der Waals surface area (Å²) in [6.45, 7) is 5.08. The van der Waals surface area contributed by atoms with Crippen molar-refractivity contribution in [1.82, 2.24) is 10.2 Å². The van der Waals surface area contributed by atoms with Crippen LogP contribution in [0.2, 0.25) is 0 Å². The van der Waals surface area contributed by atoms with Gasteiger partial charge in [-0.3, -0.25) is 13.9 Å². The topological polar surface area (TPSA) is 86.8 Å². The zero-order valence-corrected chi connectivity index (χ0v) is 25.3. The van der Waals surface area contributed by atoms with Crippen LogP contribution in [0.5, 0.6) is 0 Å². The van der Waals surface area contributed by atoms with Gasteiger partial charge in [0.15, 0.2) is 0 Å². The van der Waals surface area contributed by atoms with E-state index in [1.165, 1.54) is 17.0 Å². The number of anilines is 1. The van der Waals surface area contributed by atoms with E-state index in [4.69, 9.17) is 0 Å². The molecule has 0 heterocycles. The minimum atomic E-state index is -4.29. The number of amides is 2. The highest BCUT2D eigenvalue weighted by Gasteiger charge is 2.35. The average Bonchev–Trinajstić information content (AvgIpc) is 2.98. The van der Waals surface area contributed by atoms with Crippen molar-refractivity contribution in [3.05, 3.63) is 132 Å². The molecule has 0 aliphatic rings. The molecule has 0 aromatic heterocycles. The summed E-state index contributed by atoms with van der Waals surface area (Å²) in [6, 6.07) is 30.4. The zero-order valence-electron chi connectivity index (χ0n) is 24.5. The Bertz CT molecular complexity index is 1610. The summed E-state index contributed by atoms with van der Waals surface area (Å²) in [5.41, 5.74) is 1.32. The van der Waals surface area contributed by atoms with E-state index in [9.17, 15) is 22.4 Å². The van der Waals surface area contributed by atoms with E-state index in [0.29, 0.717) is 0 Å². The van der Waals surface area contributed by atoms with Crippen LogP contribution in [0.15, 0.2) is 120 Å². The maximum atomic E-state index is 14.3. The van der Waals surface area contributed by atoms with Crippen LogP contribution in [0.1, 0.15) is 31.9 Å². The second-order valence-corrected chi connectivity index (χ2v) is 13.1. The second kappa shape index (κ2) is 13.6. The van der Waals surface area contributed by atoms with Crippen LogP contribution >= 0.6 is 0 Å². The Morgan fingerprint density at radius 1 is 0.767 bits per heavy atom. The third-order valence-electron chi connectivity index (χ3n) is 6.69. The molecule has 224 valence electrons. The molecule has 9 heteroatoms. The Labute approximate surface area is 253 Å². The number of hydrogen-bond donors (Lipinski definition) is 1. The van der Waals surface area contributed by atoms with Gasteiger partial charge in [-0.1, -0.05) is 78.9 Å². The monoisotopic (exact) mass is 601 g/mol. The molecule has 0 spiro atoms. The van der Waals surface area contributed by atoms with E-state index >= 15 is 0 Å². The van der Waals surface area contributed by atoms with Gasteiger partial charge in [0.2, 0.25) is 11.8 Å². The first kappa shape index (κ1) is 31.4. The third-order valence-corrected chi connectivity index (χ3v) is 8.48. The van der Waals surface area contributed by atoms with Crippen molar-refractivity contribution in [2.24, 2.45) is 0 Å². The highest BCUT2D eigenvalue weighted by atomic mass is 32.2. The molecule has 0 saturated carbocycles. The summed E-state index contributed by atoms with van der Waals surface area (Å²) in [7, 11) is -4.29. The summed E-state index contributed by atoms with van der Waals surface area (Å²) in [6.07, 6.45) is 0.220. The zero-order chi connectivity index (χ0) is 31.0. The Hall–Kier alpha value is -4.50. The molecule has 1 atom stereocenters. The summed E-state index contributed by atoms with van der Waals surface area (Å²) in [5.74, 6) is -1.50. The van der Waals surface area contributed by atoms with Crippen molar-refractivity contribution in [2.45, 2.75) is 50.2 Å². The molecule has 4 aromatic rings. The Kier molecular flexibility index (Phi) is 9.98. The van der Waals surface area contributed by atoms with Crippen LogP contribution in [0.3, 0.4) is 0 Å². The molecule has 0 saturated heterocycles. The van der Waals surface area contributed by atoms with Crippen molar-refractivity contribution in [3.8, 4) is 0 Å². The number of sulfonamides is 1. The fourth-order valence-electron chi connectivity index (χ4n) is 4.64. The molecule has 43 heavy (non-hydrogen) atoms. The molecule has 2 amide bonds. The van der Waals surface area contributed by atoms with Crippen LogP contribution in [0.4, 0.5) is 10.1 Å². The van der Waals surface area contributed by atoms with Gasteiger partial charge >= 0.3 is 0 Å². The second-order valence-electron chi connectivity index (χ2n) is 11.3. The molecule has 4 rings (SSSR count). The normalized spacial score (nSPS) is 12.3. The molecule has 0 aliphatic heterocycles. The fourth-order valence-corrected chi connectivity index (χ4v) is 6.06. The van der Waals surface area contributed by atoms with Gasteiger partial charge in [0, 0.05) is 18.5 Å². The Morgan fingerprint density at radius 3 is 1.81 bits per heavy atom. The van der Waals surface area contributed by atoms with E-state index < -0.39 is 39.9 Å². The third kappa shape index (κ3) is 8.51. The predicted octanol–water partition coefficient (Wildman–Crippen LogP) is 5.58. The van der Waals surface area contributed by atoms with Gasteiger partial charge < -0.3 is 10.2 Å². The molecular formula is C34H36FN3O4S. The lowest BCUT2D eigenvalue weighted by Crippen LogP contribution is -2.56. The van der Waals surface area contributed by atoms with E-state index in [-0.39, 0.29) is 29.5 Å². The lowest BCUT2D eigenvalue weighted by atomic mass is 10.0. The average molecular weight is 602 g/mol. The summed E-state index contributed by atoms with van der Waals surface area (Å²) in [4.78, 5) is 29.5. The maximum absolute atomic E-state index is 14.3. The van der Waals surface area contributed by atoms with Crippen LogP contribution in [0, 0.1) is 5.82 Å². The molecule has 4 aromatic carbocycles. The molecule has 7 nitrogen and oxygen atoms in total. The number of benzene rings is 4. The van der Waals surface area contributed by atoms with Crippen LogP contribution < -0.4 is 9.62 Å². The number of nitrogens with one attached hydrogen (secondary N) is 1. The largest absolute Gasteiger partial charge is 0.350 e. The highest BCUT2D eigenvalue weighted by molar-refractivity contribution is 7.92. The first-order valence-corrected chi connectivity index (χ1v) is 15.4. The lowest BCUT2D eigenvalue weighted by Gasteiger charge is -2.35. The number of nitrogens with zero attached hydrogens (tertiary/aromatic N) is 2. The first-order valence-electron chi connectivity index (χ1n) is 14.0. The van der Waals surface area contributed by atoms with Gasteiger partial charge in [-0.05, 0) is 68.3 Å². The van der Waals surface area contributed by atoms with E-state index in [2.05, 4.69) is 5.32 Å². The minimum absolute atomic E-state index is 0.0773. The van der Waals surface area contributed by atoms with Crippen LogP contribution in [-0.2, 0) is 32.6 Å². The van der Waals surface area contributed by atoms with E-state index in [1.807, 2.05) is 81.4 Å². The van der Waals surface area contributed by atoms with Crippen molar-refractivity contribution >= 4 is 27.5 Å². The molecule has 1 N–H and O–H groups in total. The Balaban J connectivity index is 1.78. The molecular weight excluding hydrogens is 565 g/mol. The smallest absolute Gasteiger partial charge is 0.264 e. The quantitative estimate of drug-likeness (QED) is 0.243. The maximum Gasteiger partial charge on any atom is 0.264 e. The van der Waals surface area contributed by atoms with Gasteiger partial charge in [0.25, 0.3) is 10.0 Å². The summed E-state index contributed by atoms with van der Waals surface area (Å²) < 4.78 is 42.5. The minimum Gasteiger partial charge on any atom is -0.350 e. The van der Waals surface area contributed by atoms with Crippen molar-refractivity contribution in [1.29, 1.82) is 0 Å². The van der Waals surface area contributed by atoms with E-state index in [0.717, 1.165) is 27.6 Å². The molecule has 0 aliphatic carbocycles. The van der Waals surface area contributed by atoms with Crippen LogP contribution in [0.25, 0.3) is 0 Å². The van der Waals surface area contributed by atoms with Gasteiger partial charge in [0.05, 0.1) is 10.6 Å². The van der Waals surface area contributed by atoms with Gasteiger partial charge in [-0.15, -0.1) is 0 Å². The van der Waals surface area contributed by atoms with Gasteiger partial charge in [-0.2, -0.15) is 0 Å². The summed E-state index contributed by atoms with van der Waals surface area (Å²) in [5, 5.41) is 3.01. The SMILES string of the molecule is CC(C)(C)NC(=O)[C@H](Cc1ccccc1)N(Cc1ccccc1)C(=O)CN(c1ccccc1)S(=O)(=O)c1ccc(F)cc1. The molecule has 0 unspecified atom stereocenters. The standard InChI is InChI=1S/C34H36FN3O4S/c1-34(2,3)36-33(40)31(23-26-13-7-4-8-14-26)37(24-27-15-9-5-10-16-27)32(39)25-38(29-17-11-6-12-18-29)43(41,42)30-21-19-28(35)20-22-30/h4-22,31H,23-25H2,1-3H3,(H,36,40)/t31-/m0/s1. The lowest BCUT2D eigenvalue weighted by molar-refractivity contribution is -0.140. The molecule has 0 radical (unpaired) electrons. The number of carbonyl (C=O) groups excluding carboxylic acids is 2. The number of hydrogen-bond acceptors (Lipinski definition) is 4. The molecule has 0 bridgehead atoms. The highest BCUT2D eigenvalue weighted by Crippen LogP contribution is 2.25. The van der Waals surface area contributed by atoms with Gasteiger partial charge in [-0.25, -0.2) is 12.8 Å². The molecule has 0 fully saturated rings. The van der Waals surface area contributed by atoms with Crippen molar-refractivity contribution in [3.63, 3.8) is 0 Å². The van der Waals surface area contributed by atoms with Crippen molar-refractivity contribution < 1.29 is 22.4 Å². The fraction of sp³-hybridized carbons (Fsp3) is 0.235. The van der Waals surface area contributed by atoms with Crippen molar-refractivity contribution in [2.75, 3.05) is 10.8 Å². The van der Waals surface area contributed by atoms with E-state index in [1.54, 1.807) is 30.3 Å². The number of carbonyl (C=O) groups is 2.